The van der Waals surface area contributed by atoms with Crippen molar-refractivity contribution in [2.75, 3.05) is 17.3 Å². The van der Waals surface area contributed by atoms with Gasteiger partial charge in [-0.1, -0.05) is 12.1 Å². The number of nitrogens with one attached hydrogen (secondary N) is 1. The first-order chi connectivity index (χ1) is 10.2. The predicted octanol–water partition coefficient (Wildman–Crippen LogP) is 3.25. The van der Waals surface area contributed by atoms with Crippen LogP contribution in [0.15, 0.2) is 47.5 Å². The van der Waals surface area contributed by atoms with Gasteiger partial charge in [0.1, 0.15) is 17.5 Å². The molecule has 0 aliphatic heterocycles. The molecule has 104 valence electrons. The van der Waals surface area contributed by atoms with Crippen molar-refractivity contribution in [3.8, 4) is 6.07 Å². The van der Waals surface area contributed by atoms with E-state index in [9.17, 15) is 5.26 Å². The Morgan fingerprint density at radius 3 is 2.90 bits per heavy atom. The molecule has 5 nitrogen and oxygen atoms in total. The maximum atomic E-state index is 9.20. The number of para-hydroxylation sites is 1. The molecule has 0 aliphatic rings. The molecule has 0 spiro atoms. The van der Waals surface area contributed by atoms with Gasteiger partial charge in [-0.25, -0.2) is 4.52 Å². The van der Waals surface area contributed by atoms with E-state index < -0.39 is 0 Å². The van der Waals surface area contributed by atoms with Crippen molar-refractivity contribution in [1.82, 2.24) is 9.61 Å². The molecule has 6 heteroatoms. The molecule has 2 heterocycles. The minimum Gasteiger partial charge on any atom is -0.397 e. The molecule has 0 bridgehead atoms. The Labute approximate surface area is 126 Å². The average Bonchev–Trinajstić information content (AvgIpc) is 2.97. The van der Waals surface area contributed by atoms with Crippen LogP contribution >= 0.6 is 11.8 Å². The number of anilines is 3. The number of nitrogens with zero attached hydrogens (tertiary/aromatic N) is 3. The van der Waals surface area contributed by atoms with Gasteiger partial charge in [-0.15, -0.1) is 11.8 Å². The minimum absolute atomic E-state index is 0.439. The lowest BCUT2D eigenvalue weighted by molar-refractivity contribution is 0.966. The van der Waals surface area contributed by atoms with E-state index in [0.717, 1.165) is 16.4 Å². The lowest BCUT2D eigenvalue weighted by Crippen LogP contribution is -2.04. The summed E-state index contributed by atoms with van der Waals surface area (Å²) in [7, 11) is 0. The van der Waals surface area contributed by atoms with Crippen LogP contribution < -0.4 is 11.1 Å². The van der Waals surface area contributed by atoms with Crippen molar-refractivity contribution < 1.29 is 0 Å². The molecule has 3 N–H and O–H groups in total. The lowest BCUT2D eigenvalue weighted by Gasteiger charge is -2.13. The number of nitriles is 1. The lowest BCUT2D eigenvalue weighted by atomic mass is 10.2. The molecular formula is C15H13N5S. The van der Waals surface area contributed by atoms with Crippen LogP contribution in [0.1, 0.15) is 5.56 Å². The van der Waals surface area contributed by atoms with Crippen molar-refractivity contribution in [2.45, 2.75) is 4.90 Å². The molecule has 0 atom stereocenters. The number of rotatable bonds is 3. The largest absolute Gasteiger partial charge is 0.397 e. The van der Waals surface area contributed by atoms with Gasteiger partial charge in [0.25, 0.3) is 0 Å². The zero-order valence-electron chi connectivity index (χ0n) is 11.4. The molecule has 3 rings (SSSR count). The van der Waals surface area contributed by atoms with E-state index in [4.69, 9.17) is 5.73 Å². The highest BCUT2D eigenvalue weighted by Crippen LogP contribution is 2.30. The van der Waals surface area contributed by atoms with Gasteiger partial charge in [-0.3, -0.25) is 0 Å². The number of fused-ring (bicyclic) bond motifs is 1. The van der Waals surface area contributed by atoms with Gasteiger partial charge >= 0.3 is 0 Å². The fourth-order valence-corrected chi connectivity index (χ4v) is 2.76. The normalized spacial score (nSPS) is 10.5. The van der Waals surface area contributed by atoms with Crippen LogP contribution in [0.2, 0.25) is 0 Å². The van der Waals surface area contributed by atoms with Crippen molar-refractivity contribution in [1.29, 1.82) is 5.26 Å². The summed E-state index contributed by atoms with van der Waals surface area (Å²) in [4.78, 5) is 1.13. The van der Waals surface area contributed by atoms with Gasteiger partial charge in [0.15, 0.2) is 0 Å². The quantitative estimate of drug-likeness (QED) is 0.725. The number of aromatic nitrogens is 2. The summed E-state index contributed by atoms with van der Waals surface area (Å²) in [5, 5.41) is 16.8. The van der Waals surface area contributed by atoms with Crippen LogP contribution in [-0.4, -0.2) is 15.9 Å². The SMILES string of the molecule is CSc1ccccc1Nc1cc(N)c(C#N)c2ccnn12. The summed E-state index contributed by atoms with van der Waals surface area (Å²) < 4.78 is 1.69. The Bertz CT molecular complexity index is 847. The van der Waals surface area contributed by atoms with E-state index in [1.807, 2.05) is 30.5 Å². The Hall–Kier alpha value is -2.65. The van der Waals surface area contributed by atoms with Crippen LogP contribution in [-0.2, 0) is 0 Å². The number of hydrogen-bond acceptors (Lipinski definition) is 5. The van der Waals surface area contributed by atoms with E-state index in [1.165, 1.54) is 0 Å². The molecule has 0 unspecified atom stereocenters. The van der Waals surface area contributed by atoms with Crippen LogP contribution in [0.25, 0.3) is 5.52 Å². The molecule has 2 aromatic heterocycles. The number of nitrogen functional groups attached to an aromatic ring is 1. The smallest absolute Gasteiger partial charge is 0.134 e. The number of nitrogens with two attached hydrogens (primary N) is 1. The fraction of sp³-hybridized carbons (Fsp3) is 0.0667. The number of thioether (sulfide) groups is 1. The Balaban J connectivity index is 2.14. The van der Waals surface area contributed by atoms with Crippen LogP contribution in [0.5, 0.6) is 0 Å². The molecule has 1 aromatic carbocycles. The van der Waals surface area contributed by atoms with Gasteiger partial charge in [-0.05, 0) is 24.5 Å². The zero-order chi connectivity index (χ0) is 14.8. The van der Waals surface area contributed by atoms with E-state index >= 15 is 0 Å². The summed E-state index contributed by atoms with van der Waals surface area (Å²) in [5.74, 6) is 0.730. The Kier molecular flexibility index (Phi) is 3.42. The van der Waals surface area contributed by atoms with Crippen LogP contribution in [0, 0.1) is 11.3 Å². The minimum atomic E-state index is 0.439. The average molecular weight is 295 g/mol. The van der Waals surface area contributed by atoms with Gasteiger partial charge in [-0.2, -0.15) is 10.4 Å². The molecule has 3 aromatic rings. The highest BCUT2D eigenvalue weighted by atomic mass is 32.2. The summed E-state index contributed by atoms with van der Waals surface area (Å²) in [6.07, 6.45) is 3.68. The maximum Gasteiger partial charge on any atom is 0.134 e. The third-order valence-corrected chi connectivity index (χ3v) is 3.99. The highest BCUT2D eigenvalue weighted by molar-refractivity contribution is 7.98. The molecule has 0 saturated heterocycles. The van der Waals surface area contributed by atoms with Gasteiger partial charge in [0, 0.05) is 11.0 Å². The number of hydrogen-bond donors (Lipinski definition) is 2. The zero-order valence-corrected chi connectivity index (χ0v) is 12.2. The molecule has 0 amide bonds. The first-order valence-electron chi connectivity index (χ1n) is 6.31. The van der Waals surface area contributed by atoms with Gasteiger partial charge in [0.2, 0.25) is 0 Å². The van der Waals surface area contributed by atoms with E-state index in [2.05, 4.69) is 16.5 Å². The maximum absolute atomic E-state index is 9.20. The van der Waals surface area contributed by atoms with Crippen molar-refractivity contribution >= 4 is 34.5 Å². The van der Waals surface area contributed by atoms with Gasteiger partial charge < -0.3 is 11.1 Å². The molecular weight excluding hydrogens is 282 g/mol. The standard InChI is InChI=1S/C15H13N5S/c1-21-14-5-3-2-4-12(14)19-15-8-11(17)10(9-16)13-6-7-18-20(13)15/h2-8,19H,17H2,1H3. The third-order valence-electron chi connectivity index (χ3n) is 3.19. The molecule has 0 radical (unpaired) electrons. The third kappa shape index (κ3) is 2.28. The van der Waals surface area contributed by atoms with E-state index in [1.54, 1.807) is 34.6 Å². The van der Waals surface area contributed by atoms with Crippen molar-refractivity contribution in [2.24, 2.45) is 0 Å². The van der Waals surface area contributed by atoms with Crippen LogP contribution in [0.4, 0.5) is 17.2 Å². The Morgan fingerprint density at radius 2 is 2.14 bits per heavy atom. The highest BCUT2D eigenvalue weighted by Gasteiger charge is 2.12. The first kappa shape index (κ1) is 13.3. The van der Waals surface area contributed by atoms with E-state index in [0.29, 0.717) is 16.8 Å². The summed E-state index contributed by atoms with van der Waals surface area (Å²) >= 11 is 1.66. The fourth-order valence-electron chi connectivity index (χ4n) is 2.21. The molecule has 21 heavy (non-hydrogen) atoms. The number of pyridine rings is 1. The second kappa shape index (κ2) is 5.38. The molecule has 0 aliphatic carbocycles. The predicted molar refractivity (Wildman–Crippen MR) is 85.8 cm³/mol. The monoisotopic (exact) mass is 295 g/mol. The van der Waals surface area contributed by atoms with E-state index in [-0.39, 0.29) is 0 Å². The second-order valence-corrected chi connectivity index (χ2v) is 5.27. The van der Waals surface area contributed by atoms with Crippen molar-refractivity contribution in [3.05, 3.63) is 48.2 Å². The number of benzene rings is 1. The topological polar surface area (TPSA) is 79.1 Å². The first-order valence-corrected chi connectivity index (χ1v) is 7.53. The summed E-state index contributed by atoms with van der Waals surface area (Å²) in [6.45, 7) is 0. The van der Waals surface area contributed by atoms with Crippen LogP contribution in [0.3, 0.4) is 0 Å². The van der Waals surface area contributed by atoms with Crippen molar-refractivity contribution in [3.63, 3.8) is 0 Å². The second-order valence-electron chi connectivity index (χ2n) is 4.43. The summed E-state index contributed by atoms with van der Waals surface area (Å²) in [5.41, 5.74) is 8.53. The van der Waals surface area contributed by atoms with Gasteiger partial charge in [0.05, 0.1) is 23.1 Å². The molecule has 0 saturated carbocycles. The molecule has 0 fully saturated rings. The Morgan fingerprint density at radius 1 is 1.33 bits per heavy atom. The summed E-state index contributed by atoms with van der Waals surface area (Å²) in [6, 6.07) is 13.6.